The number of carbonyl (C=O) groups excluding carboxylic acids is 4. The van der Waals surface area contributed by atoms with Gasteiger partial charge < -0.3 is 44.0 Å². The predicted octanol–water partition coefficient (Wildman–Crippen LogP) is -4.18. The van der Waals surface area contributed by atoms with Gasteiger partial charge in [0.1, 0.15) is 18.1 Å². The molecule has 0 fully saturated rings. The molecule has 4 amide bonds. The van der Waals surface area contributed by atoms with Gasteiger partial charge in [-0.05, 0) is 26.7 Å². The van der Waals surface area contributed by atoms with Crippen molar-refractivity contribution in [2.45, 2.75) is 57.3 Å². The minimum Gasteiger partial charge on any atom is -0.480 e. The Bertz CT molecular complexity index is 677. The number of aliphatic carboxylic acids is 1. The maximum absolute atomic E-state index is 12.5. The summed E-state index contributed by atoms with van der Waals surface area (Å²) in [4.78, 5) is 62.6. The smallest absolute Gasteiger partial charge is 0.326 e. The molecule has 0 aromatic rings. The summed E-state index contributed by atoms with van der Waals surface area (Å²) in [6.45, 7) is 2.92. The molecule has 0 heterocycles. The van der Waals surface area contributed by atoms with E-state index >= 15 is 0 Å². The summed E-state index contributed by atoms with van der Waals surface area (Å²) in [5.74, 6) is -4.69. The molecule has 0 aromatic carbocycles. The van der Waals surface area contributed by atoms with Crippen LogP contribution in [0.5, 0.6) is 0 Å². The van der Waals surface area contributed by atoms with E-state index in [0.29, 0.717) is 0 Å². The van der Waals surface area contributed by atoms with Crippen molar-refractivity contribution in [1.29, 1.82) is 0 Å². The third-order valence-electron chi connectivity index (χ3n) is 3.76. The zero-order valence-electron chi connectivity index (χ0n) is 16.9. The molecule has 0 saturated carbocycles. The van der Waals surface area contributed by atoms with Crippen molar-refractivity contribution in [2.24, 2.45) is 27.9 Å². The number of hydrogen-bond acceptors (Lipinski definition) is 7. The molecule has 0 aliphatic rings. The quantitative estimate of drug-likeness (QED) is 0.0799. The van der Waals surface area contributed by atoms with Crippen molar-refractivity contribution in [3.8, 4) is 0 Å². The molecular weight excluding hydrogens is 400 g/mol. The number of primary amides is 1. The van der Waals surface area contributed by atoms with Gasteiger partial charge in [0.15, 0.2) is 5.96 Å². The lowest BCUT2D eigenvalue weighted by molar-refractivity contribution is -0.142. The summed E-state index contributed by atoms with van der Waals surface area (Å²) < 4.78 is 0. The highest BCUT2D eigenvalue weighted by molar-refractivity contribution is 5.95. The minimum absolute atomic E-state index is 0.00403. The Morgan fingerprint density at radius 3 is 1.93 bits per heavy atom. The average molecular weight is 430 g/mol. The molecule has 0 aromatic heterocycles. The van der Waals surface area contributed by atoms with Crippen molar-refractivity contribution < 1.29 is 29.1 Å². The van der Waals surface area contributed by atoms with E-state index in [2.05, 4.69) is 20.9 Å². The van der Waals surface area contributed by atoms with E-state index in [0.717, 1.165) is 0 Å². The molecular formula is C16H30N8O6. The van der Waals surface area contributed by atoms with Crippen LogP contribution in [-0.4, -0.2) is 71.4 Å². The second kappa shape index (κ2) is 12.9. The van der Waals surface area contributed by atoms with Gasteiger partial charge >= 0.3 is 5.97 Å². The van der Waals surface area contributed by atoms with Crippen molar-refractivity contribution in [3.63, 3.8) is 0 Å². The molecule has 0 rings (SSSR count). The van der Waals surface area contributed by atoms with Crippen molar-refractivity contribution >= 4 is 35.6 Å². The molecule has 0 saturated heterocycles. The number of carboxylic acids is 1. The summed E-state index contributed by atoms with van der Waals surface area (Å²) in [7, 11) is 0. The topological polar surface area (TPSA) is 258 Å². The highest BCUT2D eigenvalue weighted by Crippen LogP contribution is 2.02. The fourth-order valence-corrected chi connectivity index (χ4v) is 2.15. The predicted molar refractivity (Wildman–Crippen MR) is 106 cm³/mol. The number of guanidine groups is 1. The van der Waals surface area contributed by atoms with E-state index in [1.54, 1.807) is 0 Å². The minimum atomic E-state index is -1.44. The molecule has 4 atom stereocenters. The van der Waals surface area contributed by atoms with E-state index in [4.69, 9.17) is 22.9 Å². The second-order valence-corrected chi connectivity index (χ2v) is 6.60. The normalized spacial score (nSPS) is 14.4. The van der Waals surface area contributed by atoms with Gasteiger partial charge in [0.2, 0.25) is 23.6 Å². The third-order valence-corrected chi connectivity index (χ3v) is 3.76. The van der Waals surface area contributed by atoms with Gasteiger partial charge in [-0.1, -0.05) is 0 Å². The maximum Gasteiger partial charge on any atom is 0.326 e. The number of aliphatic imine (C=N–C) groups is 1. The fourth-order valence-electron chi connectivity index (χ4n) is 2.15. The first-order valence-electron chi connectivity index (χ1n) is 9.08. The van der Waals surface area contributed by atoms with Gasteiger partial charge in [-0.3, -0.25) is 24.2 Å². The average Bonchev–Trinajstić information content (AvgIpc) is 2.62. The van der Waals surface area contributed by atoms with Gasteiger partial charge in [-0.25, -0.2) is 4.79 Å². The van der Waals surface area contributed by atoms with Crippen LogP contribution in [0.25, 0.3) is 0 Å². The third kappa shape index (κ3) is 10.8. The highest BCUT2D eigenvalue weighted by Gasteiger charge is 2.29. The first kappa shape index (κ1) is 26.6. The summed E-state index contributed by atoms with van der Waals surface area (Å²) in [5, 5.41) is 16.1. The molecule has 12 N–H and O–H groups in total. The number of amides is 4. The van der Waals surface area contributed by atoms with Crippen molar-refractivity contribution in [2.75, 3.05) is 6.54 Å². The number of nitrogens with two attached hydrogens (primary N) is 4. The maximum atomic E-state index is 12.5. The lowest BCUT2D eigenvalue weighted by atomic mass is 10.1. The van der Waals surface area contributed by atoms with E-state index in [9.17, 15) is 29.1 Å². The first-order valence-corrected chi connectivity index (χ1v) is 9.08. The molecule has 30 heavy (non-hydrogen) atoms. The number of nitrogens with one attached hydrogen (secondary N) is 3. The van der Waals surface area contributed by atoms with Crippen molar-refractivity contribution in [1.82, 2.24) is 16.0 Å². The monoisotopic (exact) mass is 430 g/mol. The molecule has 0 aliphatic carbocycles. The fraction of sp³-hybridized carbons (Fsp3) is 0.625. The lowest BCUT2D eigenvalue weighted by Crippen LogP contribution is -2.56. The van der Waals surface area contributed by atoms with Crippen LogP contribution in [0.3, 0.4) is 0 Å². The molecule has 0 radical (unpaired) electrons. The molecule has 0 spiro atoms. The van der Waals surface area contributed by atoms with E-state index in [1.807, 2.05) is 0 Å². The number of carbonyl (C=O) groups is 5. The van der Waals surface area contributed by atoms with Crippen LogP contribution in [-0.2, 0) is 24.0 Å². The zero-order valence-corrected chi connectivity index (χ0v) is 16.9. The number of carboxylic acid groups (broad SMARTS) is 1. The van der Waals surface area contributed by atoms with Gasteiger partial charge in [0, 0.05) is 6.54 Å². The van der Waals surface area contributed by atoms with Gasteiger partial charge in [-0.15, -0.1) is 0 Å². The standard InChI is InChI=1S/C16H30N8O6/c1-7(17)12(26)22-8(2)13(27)24-10(6-11(18)25)14(28)23-9(15(29)30)4-3-5-21-16(19)20/h7-10H,3-6,17H2,1-2H3,(H2,18,25)(H,22,26)(H,23,28)(H,24,27)(H,29,30)(H4,19,20,21). The van der Waals surface area contributed by atoms with Crippen LogP contribution >= 0.6 is 0 Å². The van der Waals surface area contributed by atoms with Crippen LogP contribution in [0, 0.1) is 0 Å². The van der Waals surface area contributed by atoms with Gasteiger partial charge in [-0.2, -0.15) is 0 Å². The van der Waals surface area contributed by atoms with E-state index < -0.39 is 60.2 Å². The number of rotatable bonds is 13. The van der Waals surface area contributed by atoms with E-state index in [1.165, 1.54) is 13.8 Å². The molecule has 4 unspecified atom stereocenters. The van der Waals surface area contributed by atoms with Gasteiger partial charge in [0.05, 0.1) is 12.5 Å². The van der Waals surface area contributed by atoms with Crippen LogP contribution in [0.1, 0.15) is 33.1 Å². The first-order chi connectivity index (χ1) is 13.8. The Morgan fingerprint density at radius 1 is 0.900 bits per heavy atom. The Hall–Kier alpha value is -3.42. The highest BCUT2D eigenvalue weighted by atomic mass is 16.4. The summed E-state index contributed by atoms with van der Waals surface area (Å²) in [5.41, 5.74) is 20.9. The Labute approximate surface area is 173 Å². The summed E-state index contributed by atoms with van der Waals surface area (Å²) in [6.07, 6.45) is -0.329. The second-order valence-electron chi connectivity index (χ2n) is 6.60. The van der Waals surface area contributed by atoms with Crippen LogP contribution in [0.15, 0.2) is 4.99 Å². The summed E-state index contributed by atoms with van der Waals surface area (Å²) >= 11 is 0. The lowest BCUT2D eigenvalue weighted by Gasteiger charge is -2.22. The van der Waals surface area contributed by atoms with E-state index in [-0.39, 0.29) is 25.3 Å². The molecule has 14 heteroatoms. The Morgan fingerprint density at radius 2 is 1.47 bits per heavy atom. The van der Waals surface area contributed by atoms with Gasteiger partial charge in [0.25, 0.3) is 0 Å². The molecule has 170 valence electrons. The molecule has 14 nitrogen and oxygen atoms in total. The number of nitrogens with zero attached hydrogens (tertiary/aromatic N) is 1. The van der Waals surface area contributed by atoms with Crippen LogP contribution in [0.4, 0.5) is 0 Å². The Kier molecular flexibility index (Phi) is 11.5. The summed E-state index contributed by atoms with van der Waals surface area (Å²) in [6, 6.07) is -4.68. The Balaban J connectivity index is 5.08. The molecule has 0 aliphatic heterocycles. The molecule has 0 bridgehead atoms. The number of hydrogen-bond donors (Lipinski definition) is 8. The van der Waals surface area contributed by atoms with Crippen LogP contribution < -0.4 is 38.9 Å². The SMILES string of the molecule is CC(N)C(=O)NC(C)C(=O)NC(CC(N)=O)C(=O)NC(CCCN=C(N)N)C(=O)O. The largest absolute Gasteiger partial charge is 0.480 e. The van der Waals surface area contributed by atoms with Crippen molar-refractivity contribution in [3.05, 3.63) is 0 Å². The van der Waals surface area contributed by atoms with Crippen LogP contribution in [0.2, 0.25) is 0 Å². The zero-order chi connectivity index (χ0) is 23.4.